The Morgan fingerprint density at radius 3 is 1.05 bits per heavy atom. The molecule has 0 saturated carbocycles. The van der Waals surface area contributed by atoms with Crippen molar-refractivity contribution in [1.29, 1.82) is 0 Å². The number of rotatable bonds is 4. The summed E-state index contributed by atoms with van der Waals surface area (Å²) in [4.78, 5) is 0. The molecule has 0 radical (unpaired) electrons. The van der Waals surface area contributed by atoms with E-state index in [9.17, 15) is 0 Å². The van der Waals surface area contributed by atoms with Crippen LogP contribution in [-0.4, -0.2) is 0 Å². The van der Waals surface area contributed by atoms with E-state index in [0.717, 1.165) is 0 Å². The molecule has 0 amide bonds. The number of hydrogen-bond acceptors (Lipinski definition) is 0. The van der Waals surface area contributed by atoms with Crippen molar-refractivity contribution in [3.63, 3.8) is 0 Å². The monoisotopic (exact) mass is 494 g/mol. The average molecular weight is 494 g/mol. The minimum Gasteiger partial charge on any atom is -1.00 e. The quantitative estimate of drug-likeness (QED) is 0.403. The molecule has 0 unspecified atom stereocenters. The summed E-state index contributed by atoms with van der Waals surface area (Å²) in [6.45, 7) is 4.40. The number of hydrogen-bond donors (Lipinski definition) is 0. The molecule has 0 aromatic heterocycles. The van der Waals surface area contributed by atoms with Gasteiger partial charge in [-0.1, -0.05) is 39.5 Å². The maximum Gasteiger partial charge on any atom is 4.00 e. The predicted octanol–water partition coefficient (Wildman–Crippen LogP) is -0.378. The normalized spacial score (nSPS) is 7.33. The summed E-state index contributed by atoms with van der Waals surface area (Å²) in [5.41, 5.74) is 2.93. The predicted molar refractivity (Wildman–Crippen MR) is 84.9 cm³/mol. The van der Waals surface area contributed by atoms with Crippen LogP contribution in [0.4, 0.5) is 0 Å². The zero-order valence-electron chi connectivity index (χ0n) is 13.7. The van der Waals surface area contributed by atoms with Crippen LogP contribution in [0.3, 0.4) is 0 Å². The van der Waals surface area contributed by atoms with E-state index >= 15 is 0 Å². The standard InChI is InChI=1S/2C8H11.2CH3.2ClH.Hf/c2*1-2-5-8-6-3-4-7-8;;;;;/h2*3-4,6-7H,2,5H2,1H3;2*1H3;2*1H;/q4*-1;;;+4/p-2. The zero-order valence-corrected chi connectivity index (χ0v) is 18.8. The Hall–Kier alpha value is 0.150. The van der Waals surface area contributed by atoms with Gasteiger partial charge in [0.25, 0.3) is 0 Å². The maximum atomic E-state index is 2.20. The first-order valence-electron chi connectivity index (χ1n) is 6.28. The molecule has 0 heterocycles. The van der Waals surface area contributed by atoms with Crippen LogP contribution in [0.15, 0.2) is 48.5 Å². The van der Waals surface area contributed by atoms with Gasteiger partial charge in [0.1, 0.15) is 0 Å². The Morgan fingerprint density at radius 1 is 0.619 bits per heavy atom. The molecule has 2 aromatic carbocycles. The third-order valence-corrected chi connectivity index (χ3v) is 2.54. The van der Waals surface area contributed by atoms with Gasteiger partial charge in [0.2, 0.25) is 0 Å². The molecular weight excluding hydrogens is 466 g/mol. The van der Waals surface area contributed by atoms with Crippen molar-refractivity contribution in [3.05, 3.63) is 74.5 Å². The second-order valence-corrected chi connectivity index (χ2v) is 4.09. The Morgan fingerprint density at radius 2 is 0.857 bits per heavy atom. The zero-order chi connectivity index (χ0) is 11.6. The molecule has 0 bridgehead atoms. The van der Waals surface area contributed by atoms with Crippen molar-refractivity contribution in [2.75, 3.05) is 0 Å². The van der Waals surface area contributed by atoms with Crippen LogP contribution in [-0.2, 0) is 38.7 Å². The molecule has 2 rings (SSSR count). The van der Waals surface area contributed by atoms with E-state index in [0.29, 0.717) is 0 Å². The molecule has 2 aromatic rings. The fourth-order valence-electron chi connectivity index (χ4n) is 1.74. The van der Waals surface area contributed by atoms with Gasteiger partial charge < -0.3 is 39.7 Å². The summed E-state index contributed by atoms with van der Waals surface area (Å²) in [6, 6.07) is 17.0. The van der Waals surface area contributed by atoms with Crippen LogP contribution in [0.1, 0.15) is 37.8 Å². The van der Waals surface area contributed by atoms with Gasteiger partial charge >= 0.3 is 25.8 Å². The molecular formula is C18H28Cl2Hf-2. The number of aryl methyl sites for hydroxylation is 2. The summed E-state index contributed by atoms with van der Waals surface area (Å²) >= 11 is 0. The Balaban J connectivity index is -0.0000000656. The van der Waals surface area contributed by atoms with Gasteiger partial charge in [0, 0.05) is 0 Å². The van der Waals surface area contributed by atoms with Crippen LogP contribution in [0.25, 0.3) is 0 Å². The van der Waals surface area contributed by atoms with Crippen molar-refractivity contribution in [1.82, 2.24) is 0 Å². The molecule has 3 heteroatoms. The summed E-state index contributed by atoms with van der Waals surface area (Å²) in [5.74, 6) is 0. The Kier molecular flexibility index (Phi) is 35.2. The first-order chi connectivity index (χ1) is 7.86. The molecule has 0 saturated heterocycles. The van der Waals surface area contributed by atoms with Crippen molar-refractivity contribution in [2.45, 2.75) is 39.5 Å². The van der Waals surface area contributed by atoms with E-state index in [4.69, 9.17) is 0 Å². The van der Waals surface area contributed by atoms with Crippen molar-refractivity contribution in [2.24, 2.45) is 0 Å². The molecule has 0 N–H and O–H groups in total. The first kappa shape index (κ1) is 32.9. The fraction of sp³-hybridized carbons (Fsp3) is 0.333. The smallest absolute Gasteiger partial charge is 1.00 e. The largest absolute Gasteiger partial charge is 4.00 e. The molecule has 0 aliphatic rings. The maximum absolute atomic E-state index is 2.20. The van der Waals surface area contributed by atoms with Gasteiger partial charge in [-0.25, -0.2) is 24.3 Å². The van der Waals surface area contributed by atoms with Crippen LogP contribution < -0.4 is 24.8 Å². The van der Waals surface area contributed by atoms with E-state index in [-0.39, 0.29) is 65.5 Å². The van der Waals surface area contributed by atoms with Crippen LogP contribution in [0.2, 0.25) is 0 Å². The Labute approximate surface area is 164 Å². The van der Waals surface area contributed by atoms with Crippen LogP contribution >= 0.6 is 0 Å². The van der Waals surface area contributed by atoms with Crippen molar-refractivity contribution < 1.29 is 50.7 Å². The van der Waals surface area contributed by atoms with Crippen molar-refractivity contribution >= 4 is 0 Å². The van der Waals surface area contributed by atoms with E-state index < -0.39 is 0 Å². The summed E-state index contributed by atoms with van der Waals surface area (Å²) in [7, 11) is 0. The molecule has 0 spiro atoms. The minimum atomic E-state index is 0. The molecule has 21 heavy (non-hydrogen) atoms. The van der Waals surface area contributed by atoms with E-state index in [1.807, 2.05) is 0 Å². The first-order valence-corrected chi connectivity index (χ1v) is 6.28. The average Bonchev–Trinajstić information content (AvgIpc) is 2.92. The van der Waals surface area contributed by atoms with Gasteiger partial charge in [0.15, 0.2) is 0 Å². The summed E-state index contributed by atoms with van der Waals surface area (Å²) in [6.07, 6.45) is 4.97. The third kappa shape index (κ3) is 16.3. The molecule has 0 fully saturated rings. The summed E-state index contributed by atoms with van der Waals surface area (Å²) in [5, 5.41) is 0. The fourth-order valence-corrected chi connectivity index (χ4v) is 1.74. The Bertz CT molecular complexity index is 303. The van der Waals surface area contributed by atoms with E-state index in [1.54, 1.807) is 0 Å². The SMILES string of the molecule is CCC[c-]1cccc1.CCC[c-]1cccc1.[CH3-].[CH3-].[Cl-].[Cl-].[Hf+4]. The van der Waals surface area contributed by atoms with Crippen molar-refractivity contribution in [3.8, 4) is 0 Å². The molecule has 0 aliphatic heterocycles. The third-order valence-electron chi connectivity index (χ3n) is 2.54. The van der Waals surface area contributed by atoms with Gasteiger partial charge in [-0.2, -0.15) is 35.4 Å². The summed E-state index contributed by atoms with van der Waals surface area (Å²) < 4.78 is 0. The number of halogens is 2. The van der Waals surface area contributed by atoms with Crippen LogP contribution in [0.5, 0.6) is 0 Å². The second kappa shape index (κ2) is 22.4. The molecule has 120 valence electrons. The van der Waals surface area contributed by atoms with Crippen LogP contribution in [0, 0.1) is 14.9 Å². The van der Waals surface area contributed by atoms with Gasteiger partial charge in [0.05, 0.1) is 0 Å². The second-order valence-electron chi connectivity index (χ2n) is 4.09. The molecule has 0 aliphatic carbocycles. The van der Waals surface area contributed by atoms with Gasteiger partial charge in [-0.3, -0.25) is 0 Å². The van der Waals surface area contributed by atoms with E-state index in [2.05, 4.69) is 62.4 Å². The topological polar surface area (TPSA) is 0 Å². The minimum absolute atomic E-state index is 0. The van der Waals surface area contributed by atoms with Gasteiger partial charge in [-0.15, -0.1) is 0 Å². The molecule has 0 atom stereocenters. The van der Waals surface area contributed by atoms with E-state index in [1.165, 1.54) is 36.8 Å². The molecule has 0 nitrogen and oxygen atoms in total. The van der Waals surface area contributed by atoms with Gasteiger partial charge in [-0.05, 0) is 0 Å².